The second-order valence-corrected chi connectivity index (χ2v) is 4.76. The first kappa shape index (κ1) is 13.8. The van der Waals surface area contributed by atoms with Crippen LogP contribution in [-0.4, -0.2) is 9.97 Å². The number of nitrogens with zero attached hydrogens (tertiary/aromatic N) is 3. The number of hydrogen-bond donors (Lipinski definition) is 1. The smallest absolute Gasteiger partial charge is 0.148 e. The van der Waals surface area contributed by atoms with E-state index in [1.54, 1.807) is 0 Å². The van der Waals surface area contributed by atoms with Crippen LogP contribution < -0.4 is 5.32 Å². The lowest BCUT2D eigenvalue weighted by molar-refractivity contribution is 1.07. The zero-order valence-corrected chi connectivity index (χ0v) is 11.9. The Morgan fingerprint density at radius 1 is 0.909 bits per heavy atom. The highest BCUT2D eigenvalue weighted by molar-refractivity contribution is 5.72. The fourth-order valence-corrected chi connectivity index (χ4v) is 2.22. The molecular weight excluding hydrogens is 272 g/mol. The van der Waals surface area contributed by atoms with Crippen LogP contribution in [0.1, 0.15) is 11.1 Å². The molecule has 0 aliphatic rings. The summed E-state index contributed by atoms with van der Waals surface area (Å²) in [6.45, 7) is 0.612. The van der Waals surface area contributed by atoms with Gasteiger partial charge < -0.3 is 5.32 Å². The molecule has 0 spiro atoms. The molecule has 1 N–H and O–H groups in total. The normalized spacial score (nSPS) is 9.95. The van der Waals surface area contributed by atoms with Gasteiger partial charge in [0.15, 0.2) is 0 Å². The van der Waals surface area contributed by atoms with Gasteiger partial charge in [0.2, 0.25) is 0 Å². The highest BCUT2D eigenvalue weighted by Crippen LogP contribution is 2.24. The average Bonchev–Trinajstić information content (AvgIpc) is 2.61. The van der Waals surface area contributed by atoms with E-state index in [9.17, 15) is 5.26 Å². The summed E-state index contributed by atoms with van der Waals surface area (Å²) in [7, 11) is 0. The minimum Gasteiger partial charge on any atom is -0.365 e. The van der Waals surface area contributed by atoms with Crippen LogP contribution in [0.3, 0.4) is 0 Å². The average molecular weight is 286 g/mol. The van der Waals surface area contributed by atoms with Crippen LogP contribution in [0.25, 0.3) is 11.3 Å². The number of nitrogens with one attached hydrogen (secondary N) is 1. The molecular formula is C18H14N4. The maximum Gasteiger partial charge on any atom is 0.148 e. The van der Waals surface area contributed by atoms with Crippen molar-refractivity contribution >= 4 is 5.82 Å². The Labute approximate surface area is 129 Å². The molecule has 0 saturated heterocycles. The van der Waals surface area contributed by atoms with Gasteiger partial charge in [-0.15, -0.1) is 0 Å². The van der Waals surface area contributed by atoms with Crippen LogP contribution in [-0.2, 0) is 6.54 Å². The summed E-state index contributed by atoms with van der Waals surface area (Å²) >= 11 is 0. The van der Waals surface area contributed by atoms with Crippen molar-refractivity contribution in [1.82, 2.24) is 9.97 Å². The summed E-state index contributed by atoms with van der Waals surface area (Å²) in [5.74, 6) is 0.556. The second-order valence-electron chi connectivity index (χ2n) is 4.76. The van der Waals surface area contributed by atoms with E-state index >= 15 is 0 Å². The lowest BCUT2D eigenvalue weighted by atomic mass is 10.1. The molecule has 4 heteroatoms. The van der Waals surface area contributed by atoms with E-state index in [0.29, 0.717) is 23.6 Å². The van der Waals surface area contributed by atoms with Crippen molar-refractivity contribution in [3.63, 3.8) is 0 Å². The van der Waals surface area contributed by atoms with Gasteiger partial charge >= 0.3 is 0 Å². The number of nitriles is 1. The van der Waals surface area contributed by atoms with Gasteiger partial charge in [-0.2, -0.15) is 5.26 Å². The molecule has 0 atom stereocenters. The Kier molecular flexibility index (Phi) is 4.08. The zero-order chi connectivity index (χ0) is 15.2. The van der Waals surface area contributed by atoms with Crippen LogP contribution in [0.5, 0.6) is 0 Å². The van der Waals surface area contributed by atoms with Gasteiger partial charge in [0.1, 0.15) is 23.8 Å². The van der Waals surface area contributed by atoms with Crippen LogP contribution >= 0.6 is 0 Å². The molecule has 1 aromatic heterocycles. The molecule has 0 radical (unpaired) electrons. The minimum atomic E-state index is 0.463. The molecule has 0 fully saturated rings. The largest absolute Gasteiger partial charge is 0.365 e. The van der Waals surface area contributed by atoms with Crippen molar-refractivity contribution in [3.8, 4) is 17.3 Å². The third-order valence-electron chi connectivity index (χ3n) is 3.31. The van der Waals surface area contributed by atoms with Crippen molar-refractivity contribution in [1.29, 1.82) is 5.26 Å². The number of benzene rings is 2. The van der Waals surface area contributed by atoms with Crippen molar-refractivity contribution in [2.75, 3.05) is 5.32 Å². The second kappa shape index (κ2) is 6.51. The summed E-state index contributed by atoms with van der Waals surface area (Å²) in [6, 6.07) is 21.9. The molecule has 2 aromatic carbocycles. The highest BCUT2D eigenvalue weighted by Gasteiger charge is 2.12. The summed E-state index contributed by atoms with van der Waals surface area (Å²) in [4.78, 5) is 8.47. The lowest BCUT2D eigenvalue weighted by Gasteiger charge is -2.10. The number of anilines is 1. The van der Waals surface area contributed by atoms with Crippen LogP contribution in [0.15, 0.2) is 67.0 Å². The molecule has 106 valence electrons. The van der Waals surface area contributed by atoms with E-state index in [1.165, 1.54) is 6.33 Å². The Morgan fingerprint density at radius 3 is 2.27 bits per heavy atom. The van der Waals surface area contributed by atoms with Crippen LogP contribution in [0.4, 0.5) is 5.82 Å². The Hall–Kier alpha value is -3.19. The third kappa shape index (κ3) is 2.94. The first-order chi connectivity index (χ1) is 10.9. The first-order valence-corrected chi connectivity index (χ1v) is 6.97. The minimum absolute atomic E-state index is 0.463. The predicted octanol–water partition coefficient (Wildman–Crippen LogP) is 3.63. The standard InChI is InChI=1S/C18H14N4/c19-11-16-17(15-9-5-2-6-10-15)21-13-22-18(16)20-12-14-7-3-1-4-8-14/h1-10,13H,12H2,(H,20,21,22). The van der Waals surface area contributed by atoms with E-state index in [4.69, 9.17) is 0 Å². The Balaban J connectivity index is 1.91. The summed E-state index contributed by atoms with van der Waals surface area (Å²) in [6.07, 6.45) is 1.48. The van der Waals surface area contributed by atoms with Gasteiger partial charge in [-0.3, -0.25) is 0 Å². The quantitative estimate of drug-likeness (QED) is 0.795. The molecule has 3 aromatic rings. The fourth-order valence-electron chi connectivity index (χ4n) is 2.22. The zero-order valence-electron chi connectivity index (χ0n) is 11.9. The number of hydrogen-bond acceptors (Lipinski definition) is 4. The molecule has 0 bridgehead atoms. The molecule has 3 rings (SSSR count). The molecule has 0 aliphatic carbocycles. The van der Waals surface area contributed by atoms with Crippen molar-refractivity contribution < 1.29 is 0 Å². The van der Waals surface area contributed by atoms with Gasteiger partial charge in [0.05, 0.1) is 5.69 Å². The van der Waals surface area contributed by atoms with Gasteiger partial charge in [-0.1, -0.05) is 60.7 Å². The lowest BCUT2D eigenvalue weighted by Crippen LogP contribution is -2.05. The van der Waals surface area contributed by atoms with Crippen LogP contribution in [0.2, 0.25) is 0 Å². The molecule has 4 nitrogen and oxygen atoms in total. The topological polar surface area (TPSA) is 61.6 Å². The highest BCUT2D eigenvalue weighted by atomic mass is 15.0. The predicted molar refractivity (Wildman–Crippen MR) is 86.0 cm³/mol. The summed E-state index contributed by atoms with van der Waals surface area (Å²) in [5.41, 5.74) is 3.15. The molecule has 0 unspecified atom stereocenters. The monoisotopic (exact) mass is 286 g/mol. The van der Waals surface area contributed by atoms with Gasteiger partial charge in [-0.05, 0) is 5.56 Å². The molecule has 0 aliphatic heterocycles. The summed E-state index contributed by atoms with van der Waals surface area (Å²) < 4.78 is 0. The maximum atomic E-state index is 9.49. The summed E-state index contributed by atoms with van der Waals surface area (Å²) in [5, 5.41) is 12.7. The number of aromatic nitrogens is 2. The molecule has 0 amide bonds. The Bertz CT molecular complexity index is 792. The molecule has 22 heavy (non-hydrogen) atoms. The molecule has 0 saturated carbocycles. The number of rotatable bonds is 4. The van der Waals surface area contributed by atoms with Gasteiger partial charge in [0.25, 0.3) is 0 Å². The van der Waals surface area contributed by atoms with Crippen LogP contribution in [0, 0.1) is 11.3 Å². The van der Waals surface area contributed by atoms with Gasteiger partial charge in [-0.25, -0.2) is 9.97 Å². The van der Waals surface area contributed by atoms with E-state index in [0.717, 1.165) is 11.1 Å². The Morgan fingerprint density at radius 2 is 1.59 bits per heavy atom. The molecule has 1 heterocycles. The van der Waals surface area contributed by atoms with E-state index < -0.39 is 0 Å². The third-order valence-corrected chi connectivity index (χ3v) is 3.31. The van der Waals surface area contributed by atoms with Crippen molar-refractivity contribution in [2.45, 2.75) is 6.54 Å². The maximum absolute atomic E-state index is 9.49. The van der Waals surface area contributed by atoms with Crippen molar-refractivity contribution in [3.05, 3.63) is 78.1 Å². The van der Waals surface area contributed by atoms with Gasteiger partial charge in [0, 0.05) is 12.1 Å². The van der Waals surface area contributed by atoms with E-state index in [-0.39, 0.29) is 0 Å². The fraction of sp³-hybridized carbons (Fsp3) is 0.0556. The van der Waals surface area contributed by atoms with E-state index in [1.807, 2.05) is 60.7 Å². The SMILES string of the molecule is N#Cc1c(NCc2ccccc2)ncnc1-c1ccccc1. The van der Waals surface area contributed by atoms with E-state index in [2.05, 4.69) is 21.4 Å². The van der Waals surface area contributed by atoms with Crippen molar-refractivity contribution in [2.24, 2.45) is 0 Å². The first-order valence-electron chi connectivity index (χ1n) is 6.97.